The molecule has 1 unspecified atom stereocenters. The fourth-order valence-electron chi connectivity index (χ4n) is 1.43. The summed E-state index contributed by atoms with van der Waals surface area (Å²) in [5.41, 5.74) is 7.94. The van der Waals surface area contributed by atoms with Gasteiger partial charge in [0.2, 0.25) is 0 Å². The molecule has 6 heteroatoms. The molecule has 0 aromatic carbocycles. The summed E-state index contributed by atoms with van der Waals surface area (Å²) >= 11 is 1.56. The number of thioether (sulfide) groups is 1. The second-order valence-corrected chi connectivity index (χ2v) is 5.00. The molecule has 0 amide bonds. The van der Waals surface area contributed by atoms with Crippen LogP contribution in [0.4, 0.5) is 0 Å². The van der Waals surface area contributed by atoms with Crippen LogP contribution in [0.5, 0.6) is 0 Å². The predicted octanol–water partition coefficient (Wildman–Crippen LogP) is 1.31. The third-order valence-electron chi connectivity index (χ3n) is 2.32. The quantitative estimate of drug-likeness (QED) is 0.653. The van der Waals surface area contributed by atoms with Gasteiger partial charge in [0.1, 0.15) is 0 Å². The van der Waals surface area contributed by atoms with Crippen LogP contribution in [0.2, 0.25) is 0 Å². The molecule has 0 radical (unpaired) electrons. The first-order chi connectivity index (χ1) is 8.19. The maximum Gasteiger partial charge on any atom is 0.188 e. The summed E-state index contributed by atoms with van der Waals surface area (Å²) in [6, 6.07) is 0. The normalized spacial score (nSPS) is 12.6. The van der Waals surface area contributed by atoms with E-state index in [1.807, 2.05) is 38.8 Å². The molecule has 90 valence electrons. The maximum absolute atomic E-state index is 5.78. The Kier molecular flexibility index (Phi) is 3.75. The first-order valence-electron chi connectivity index (χ1n) is 5.33. The second kappa shape index (κ2) is 5.29. The Morgan fingerprint density at radius 3 is 2.59 bits per heavy atom. The predicted molar refractivity (Wildman–Crippen MR) is 67.6 cm³/mol. The van der Waals surface area contributed by atoms with Gasteiger partial charge in [-0.2, -0.15) is 5.10 Å². The van der Waals surface area contributed by atoms with Gasteiger partial charge >= 0.3 is 0 Å². The van der Waals surface area contributed by atoms with Gasteiger partial charge < -0.3 is 5.73 Å². The minimum absolute atomic E-state index is 0.145. The molecule has 0 saturated heterocycles. The number of aromatic nitrogens is 4. The van der Waals surface area contributed by atoms with Crippen molar-refractivity contribution in [2.45, 2.75) is 17.3 Å². The maximum atomic E-state index is 5.78. The lowest BCUT2D eigenvalue weighted by molar-refractivity contribution is 0.766. The van der Waals surface area contributed by atoms with E-state index in [2.05, 4.69) is 15.1 Å². The molecule has 2 rings (SSSR count). The topological polar surface area (TPSA) is 69.6 Å². The fourth-order valence-corrected chi connectivity index (χ4v) is 2.26. The van der Waals surface area contributed by atoms with Crippen molar-refractivity contribution in [1.29, 1.82) is 0 Å². The molecule has 0 spiro atoms. The minimum atomic E-state index is 0.145. The van der Waals surface area contributed by atoms with E-state index in [1.54, 1.807) is 16.4 Å². The third-order valence-corrected chi connectivity index (χ3v) is 3.49. The van der Waals surface area contributed by atoms with Crippen LogP contribution < -0.4 is 5.73 Å². The van der Waals surface area contributed by atoms with Crippen molar-refractivity contribution in [1.82, 2.24) is 19.7 Å². The van der Waals surface area contributed by atoms with E-state index in [-0.39, 0.29) is 5.25 Å². The van der Waals surface area contributed by atoms with Crippen molar-refractivity contribution in [3.63, 3.8) is 0 Å². The Morgan fingerprint density at radius 1 is 1.35 bits per heavy atom. The van der Waals surface area contributed by atoms with E-state index in [0.29, 0.717) is 6.54 Å². The molecule has 0 aliphatic rings. The fraction of sp³-hybridized carbons (Fsp3) is 0.364. The van der Waals surface area contributed by atoms with E-state index in [4.69, 9.17) is 5.73 Å². The molecule has 0 bridgehead atoms. The molecule has 17 heavy (non-hydrogen) atoms. The van der Waals surface area contributed by atoms with Crippen molar-refractivity contribution in [2.75, 3.05) is 6.54 Å². The molecule has 5 nitrogen and oxygen atoms in total. The van der Waals surface area contributed by atoms with E-state index in [1.165, 1.54) is 0 Å². The van der Waals surface area contributed by atoms with Crippen molar-refractivity contribution < 1.29 is 0 Å². The highest BCUT2D eigenvalue weighted by atomic mass is 32.2. The van der Waals surface area contributed by atoms with Crippen LogP contribution in [0.15, 0.2) is 29.9 Å². The van der Waals surface area contributed by atoms with Crippen LogP contribution in [0, 0.1) is 6.92 Å². The minimum Gasteiger partial charge on any atom is -0.329 e. The molecule has 0 aliphatic heterocycles. The zero-order valence-electron chi connectivity index (χ0n) is 9.87. The average Bonchev–Trinajstić information content (AvgIpc) is 2.75. The zero-order chi connectivity index (χ0) is 12.3. The Bertz CT molecular complexity index is 479. The summed E-state index contributed by atoms with van der Waals surface area (Å²) in [4.78, 5) is 8.53. The first-order valence-corrected chi connectivity index (χ1v) is 6.21. The Labute approximate surface area is 104 Å². The summed E-state index contributed by atoms with van der Waals surface area (Å²) in [6.45, 7) is 2.50. The van der Waals surface area contributed by atoms with Gasteiger partial charge in [-0.05, 0) is 12.5 Å². The molecule has 2 heterocycles. The van der Waals surface area contributed by atoms with E-state index >= 15 is 0 Å². The molecule has 2 aromatic heterocycles. The summed E-state index contributed by atoms with van der Waals surface area (Å²) in [5, 5.41) is 5.04. The number of hydrogen-bond donors (Lipinski definition) is 1. The SMILES string of the molecule is Cc1cnc(SC(CN)c2cnn(C)c2)nc1. The van der Waals surface area contributed by atoms with Crippen LogP contribution in [0.25, 0.3) is 0 Å². The third kappa shape index (κ3) is 3.04. The Hall–Kier alpha value is -1.40. The van der Waals surface area contributed by atoms with Gasteiger partial charge in [0, 0.05) is 37.7 Å². The van der Waals surface area contributed by atoms with Crippen molar-refractivity contribution >= 4 is 11.8 Å². The molecule has 1 atom stereocenters. The van der Waals surface area contributed by atoms with Crippen molar-refractivity contribution in [3.05, 3.63) is 35.9 Å². The van der Waals surface area contributed by atoms with Crippen molar-refractivity contribution in [3.8, 4) is 0 Å². The molecular weight excluding hydrogens is 234 g/mol. The van der Waals surface area contributed by atoms with E-state index in [0.717, 1.165) is 16.3 Å². The van der Waals surface area contributed by atoms with Gasteiger partial charge in [0.25, 0.3) is 0 Å². The Balaban J connectivity index is 2.12. The van der Waals surface area contributed by atoms with Gasteiger partial charge in [-0.1, -0.05) is 11.8 Å². The monoisotopic (exact) mass is 249 g/mol. The standard InChI is InChI=1S/C11H15N5S/c1-8-4-13-11(14-5-8)17-10(3-12)9-6-15-16(2)7-9/h4-7,10H,3,12H2,1-2H3. The van der Waals surface area contributed by atoms with Crippen LogP contribution in [-0.4, -0.2) is 26.3 Å². The molecule has 2 N–H and O–H groups in total. The van der Waals surface area contributed by atoms with E-state index in [9.17, 15) is 0 Å². The number of nitrogens with zero attached hydrogens (tertiary/aromatic N) is 4. The highest BCUT2D eigenvalue weighted by Gasteiger charge is 2.14. The van der Waals surface area contributed by atoms with Gasteiger partial charge in [-0.3, -0.25) is 4.68 Å². The summed E-state index contributed by atoms with van der Waals surface area (Å²) < 4.78 is 1.77. The van der Waals surface area contributed by atoms with Crippen LogP contribution in [0.1, 0.15) is 16.4 Å². The van der Waals surface area contributed by atoms with Gasteiger partial charge in [0.05, 0.1) is 11.4 Å². The summed E-state index contributed by atoms with van der Waals surface area (Å²) in [7, 11) is 1.89. The van der Waals surface area contributed by atoms with Crippen LogP contribution in [-0.2, 0) is 7.05 Å². The zero-order valence-corrected chi connectivity index (χ0v) is 10.7. The second-order valence-electron chi connectivity index (χ2n) is 3.83. The average molecular weight is 249 g/mol. The smallest absolute Gasteiger partial charge is 0.188 e. The van der Waals surface area contributed by atoms with Crippen molar-refractivity contribution in [2.24, 2.45) is 12.8 Å². The summed E-state index contributed by atoms with van der Waals surface area (Å²) in [5.74, 6) is 0. The Morgan fingerprint density at radius 2 is 2.06 bits per heavy atom. The molecular formula is C11H15N5S. The lowest BCUT2D eigenvalue weighted by atomic mass is 10.2. The van der Waals surface area contributed by atoms with Gasteiger partial charge in [0.15, 0.2) is 5.16 Å². The van der Waals surface area contributed by atoms with Crippen LogP contribution >= 0.6 is 11.8 Å². The largest absolute Gasteiger partial charge is 0.329 e. The molecule has 2 aromatic rings. The highest BCUT2D eigenvalue weighted by Crippen LogP contribution is 2.31. The number of hydrogen-bond acceptors (Lipinski definition) is 5. The molecule has 0 fully saturated rings. The highest BCUT2D eigenvalue weighted by molar-refractivity contribution is 7.99. The molecule has 0 aliphatic carbocycles. The number of rotatable bonds is 4. The van der Waals surface area contributed by atoms with Gasteiger partial charge in [-0.25, -0.2) is 9.97 Å². The first kappa shape index (κ1) is 12.1. The van der Waals surface area contributed by atoms with Gasteiger partial charge in [-0.15, -0.1) is 0 Å². The van der Waals surface area contributed by atoms with Crippen LogP contribution in [0.3, 0.4) is 0 Å². The summed E-state index contributed by atoms with van der Waals surface area (Å²) in [6.07, 6.45) is 7.43. The number of nitrogens with two attached hydrogens (primary N) is 1. The number of aryl methyl sites for hydroxylation is 2. The van der Waals surface area contributed by atoms with E-state index < -0.39 is 0 Å². The lowest BCUT2D eigenvalue weighted by Gasteiger charge is -2.10. The lowest BCUT2D eigenvalue weighted by Crippen LogP contribution is -2.09. The molecule has 0 saturated carbocycles.